The van der Waals surface area contributed by atoms with E-state index in [0.717, 1.165) is 19.2 Å². The molecular formula is C22H28N4O6S. The molecule has 2 aromatic rings. The summed E-state index contributed by atoms with van der Waals surface area (Å²) < 4.78 is 33.3. The van der Waals surface area contributed by atoms with Gasteiger partial charge >= 0.3 is 0 Å². The summed E-state index contributed by atoms with van der Waals surface area (Å²) in [5.41, 5.74) is 0.733. The van der Waals surface area contributed by atoms with E-state index >= 15 is 0 Å². The number of benzene rings is 2. The van der Waals surface area contributed by atoms with Crippen LogP contribution in [0, 0.1) is 17.0 Å². The third-order valence-electron chi connectivity index (χ3n) is 5.30. The molecule has 0 spiro atoms. The molecule has 2 aromatic carbocycles. The van der Waals surface area contributed by atoms with Gasteiger partial charge < -0.3 is 10.1 Å². The number of carbonyl (C=O) groups excluding carboxylic acids is 1. The van der Waals surface area contributed by atoms with Gasteiger partial charge in [0, 0.05) is 49.1 Å². The number of anilines is 1. The van der Waals surface area contributed by atoms with Gasteiger partial charge in [-0.2, -0.15) is 0 Å². The number of rotatable bonds is 8. The zero-order chi connectivity index (χ0) is 24.2. The zero-order valence-corrected chi connectivity index (χ0v) is 19.6. The van der Waals surface area contributed by atoms with Gasteiger partial charge in [0.05, 0.1) is 22.0 Å². The molecule has 0 radical (unpaired) electrons. The van der Waals surface area contributed by atoms with Crippen LogP contribution in [0.3, 0.4) is 0 Å². The van der Waals surface area contributed by atoms with E-state index in [4.69, 9.17) is 4.74 Å². The second-order valence-electron chi connectivity index (χ2n) is 8.16. The minimum atomic E-state index is -4.03. The number of sulfonamides is 1. The van der Waals surface area contributed by atoms with Crippen molar-refractivity contribution in [3.63, 3.8) is 0 Å². The Balaban J connectivity index is 1.58. The Bertz CT molecular complexity index is 1110. The minimum Gasteiger partial charge on any atom is -0.373 e. The molecule has 0 saturated carbocycles. The van der Waals surface area contributed by atoms with Crippen molar-refractivity contribution in [3.8, 4) is 0 Å². The maximum atomic E-state index is 12.6. The molecule has 10 nitrogen and oxygen atoms in total. The van der Waals surface area contributed by atoms with E-state index in [1.165, 1.54) is 43.3 Å². The van der Waals surface area contributed by atoms with Crippen molar-refractivity contribution >= 4 is 27.3 Å². The van der Waals surface area contributed by atoms with E-state index in [2.05, 4.69) is 14.9 Å². The van der Waals surface area contributed by atoms with Crippen LogP contribution in [0.4, 0.5) is 11.4 Å². The smallest absolute Gasteiger partial charge is 0.273 e. The Morgan fingerprint density at radius 2 is 1.79 bits per heavy atom. The van der Waals surface area contributed by atoms with E-state index in [9.17, 15) is 23.3 Å². The average molecular weight is 477 g/mol. The van der Waals surface area contributed by atoms with Crippen molar-refractivity contribution in [3.05, 3.63) is 63.7 Å². The van der Waals surface area contributed by atoms with Crippen molar-refractivity contribution in [2.75, 3.05) is 30.9 Å². The first kappa shape index (κ1) is 24.6. The lowest BCUT2D eigenvalue weighted by atomic mass is 10.2. The van der Waals surface area contributed by atoms with Crippen LogP contribution in [0.15, 0.2) is 47.4 Å². The van der Waals surface area contributed by atoms with E-state index < -0.39 is 14.9 Å². The van der Waals surface area contributed by atoms with Crippen molar-refractivity contribution in [2.24, 2.45) is 0 Å². The fraction of sp³-hybridized carbons (Fsp3) is 0.409. The van der Waals surface area contributed by atoms with E-state index in [0.29, 0.717) is 24.2 Å². The molecular weight excluding hydrogens is 448 g/mol. The third-order valence-corrected chi connectivity index (χ3v) is 6.67. The van der Waals surface area contributed by atoms with Gasteiger partial charge in [0.2, 0.25) is 0 Å². The number of hydrogen-bond donors (Lipinski definition) is 2. The van der Waals surface area contributed by atoms with Crippen LogP contribution >= 0.6 is 0 Å². The SMILES string of the molecule is Cc1ccc(S(=O)(=O)Nc2ccc(C(=O)NCCN3CC(C)OC(C)C3)cc2)cc1[N+](=O)[O-]. The van der Waals surface area contributed by atoms with Crippen molar-refractivity contribution in [2.45, 2.75) is 37.9 Å². The van der Waals surface area contributed by atoms with E-state index in [1.54, 1.807) is 0 Å². The summed E-state index contributed by atoms with van der Waals surface area (Å²) in [6.07, 6.45) is 0.318. The molecule has 3 rings (SSSR count). The molecule has 178 valence electrons. The lowest BCUT2D eigenvalue weighted by molar-refractivity contribution is -0.385. The lowest BCUT2D eigenvalue weighted by Crippen LogP contribution is -2.47. The van der Waals surface area contributed by atoms with E-state index in [-0.39, 0.29) is 34.4 Å². The fourth-order valence-corrected chi connectivity index (χ4v) is 4.83. The van der Waals surface area contributed by atoms with Crippen LogP contribution in [0.25, 0.3) is 0 Å². The number of aryl methyl sites for hydroxylation is 1. The molecule has 1 saturated heterocycles. The molecule has 1 fully saturated rings. The molecule has 1 aliphatic heterocycles. The summed E-state index contributed by atoms with van der Waals surface area (Å²) in [5, 5.41) is 14.0. The predicted octanol–water partition coefficient (Wildman–Crippen LogP) is 2.54. The molecule has 1 aliphatic rings. The van der Waals surface area contributed by atoms with Crippen molar-refractivity contribution in [1.29, 1.82) is 0 Å². The van der Waals surface area contributed by atoms with Crippen molar-refractivity contribution in [1.82, 2.24) is 10.2 Å². The highest BCUT2D eigenvalue weighted by Crippen LogP contribution is 2.24. The van der Waals surface area contributed by atoms with Gasteiger partial charge in [-0.3, -0.25) is 24.5 Å². The summed E-state index contributed by atoms with van der Waals surface area (Å²) in [7, 11) is -4.03. The number of nitrogens with zero attached hydrogens (tertiary/aromatic N) is 2. The Kier molecular flexibility index (Phi) is 7.67. The first-order valence-corrected chi connectivity index (χ1v) is 12.1. The number of amides is 1. The van der Waals surface area contributed by atoms with Crippen LogP contribution in [0.5, 0.6) is 0 Å². The number of nitro benzene ring substituents is 1. The van der Waals surface area contributed by atoms with Crippen LogP contribution < -0.4 is 10.0 Å². The van der Waals surface area contributed by atoms with E-state index in [1.807, 2.05) is 13.8 Å². The van der Waals surface area contributed by atoms with Gasteiger partial charge in [-0.15, -0.1) is 0 Å². The Hall–Kier alpha value is -3.02. The Labute approximate surface area is 193 Å². The molecule has 2 unspecified atom stereocenters. The van der Waals surface area contributed by atoms with Crippen LogP contribution in [-0.4, -0.2) is 62.5 Å². The first-order valence-electron chi connectivity index (χ1n) is 10.6. The van der Waals surface area contributed by atoms with Gasteiger partial charge in [0.1, 0.15) is 0 Å². The average Bonchev–Trinajstić information content (AvgIpc) is 2.73. The van der Waals surface area contributed by atoms with Crippen molar-refractivity contribution < 1.29 is 22.9 Å². The van der Waals surface area contributed by atoms with Gasteiger partial charge in [0.15, 0.2) is 0 Å². The Morgan fingerprint density at radius 3 is 2.39 bits per heavy atom. The largest absolute Gasteiger partial charge is 0.373 e. The molecule has 2 N–H and O–H groups in total. The highest BCUT2D eigenvalue weighted by molar-refractivity contribution is 7.92. The molecule has 33 heavy (non-hydrogen) atoms. The summed E-state index contributed by atoms with van der Waals surface area (Å²) >= 11 is 0. The summed E-state index contributed by atoms with van der Waals surface area (Å²) in [4.78, 5) is 24.9. The summed E-state index contributed by atoms with van der Waals surface area (Å²) in [6, 6.07) is 9.70. The lowest BCUT2D eigenvalue weighted by Gasteiger charge is -2.35. The topological polar surface area (TPSA) is 131 Å². The normalized spacial score (nSPS) is 19.1. The maximum Gasteiger partial charge on any atom is 0.273 e. The van der Waals surface area contributed by atoms with Gasteiger partial charge in [-0.05, 0) is 51.1 Å². The van der Waals surface area contributed by atoms with Gasteiger partial charge in [0.25, 0.3) is 21.6 Å². The molecule has 1 amide bonds. The van der Waals surface area contributed by atoms with Crippen LogP contribution in [0.2, 0.25) is 0 Å². The quantitative estimate of drug-likeness (QED) is 0.442. The molecule has 0 bridgehead atoms. The van der Waals surface area contributed by atoms with Crippen LogP contribution in [0.1, 0.15) is 29.8 Å². The molecule has 11 heteroatoms. The zero-order valence-electron chi connectivity index (χ0n) is 18.8. The molecule has 2 atom stereocenters. The summed E-state index contributed by atoms with van der Waals surface area (Å²) in [6.45, 7) is 8.42. The standard InChI is InChI=1S/C22H28N4O6S/c1-15-4-9-20(12-21(15)26(28)29)33(30,31)24-19-7-5-18(6-8-19)22(27)23-10-11-25-13-16(2)32-17(3)14-25/h4-9,12,16-17,24H,10-11,13-14H2,1-3H3,(H,23,27). The monoisotopic (exact) mass is 476 g/mol. The molecule has 0 aliphatic carbocycles. The van der Waals surface area contributed by atoms with Gasteiger partial charge in [-0.25, -0.2) is 8.42 Å². The molecule has 0 aromatic heterocycles. The second-order valence-corrected chi connectivity index (χ2v) is 9.84. The number of nitrogens with one attached hydrogen (secondary N) is 2. The highest BCUT2D eigenvalue weighted by Gasteiger charge is 2.22. The second kappa shape index (κ2) is 10.3. The third kappa shape index (κ3) is 6.50. The van der Waals surface area contributed by atoms with Crippen LogP contribution in [-0.2, 0) is 14.8 Å². The number of morpholine rings is 1. The summed E-state index contributed by atoms with van der Waals surface area (Å²) in [5.74, 6) is -0.257. The number of nitro groups is 1. The highest BCUT2D eigenvalue weighted by atomic mass is 32.2. The minimum absolute atomic E-state index is 0.159. The van der Waals surface area contributed by atoms with Gasteiger partial charge in [-0.1, -0.05) is 6.07 Å². The maximum absolute atomic E-state index is 12.6. The number of carbonyl (C=O) groups is 1. The Morgan fingerprint density at radius 1 is 1.15 bits per heavy atom. The molecule has 1 heterocycles. The predicted molar refractivity (Wildman–Crippen MR) is 124 cm³/mol. The number of ether oxygens (including phenoxy) is 1. The first-order chi connectivity index (χ1) is 15.5. The fourth-order valence-electron chi connectivity index (χ4n) is 3.75. The number of hydrogen-bond acceptors (Lipinski definition) is 7.